The molecule has 0 radical (unpaired) electrons. The van der Waals surface area contributed by atoms with E-state index in [1.54, 1.807) is 26.4 Å². The number of amides is 2. The van der Waals surface area contributed by atoms with Gasteiger partial charge in [0.2, 0.25) is 17.6 Å². The van der Waals surface area contributed by atoms with Gasteiger partial charge in [0.1, 0.15) is 0 Å². The third-order valence-corrected chi connectivity index (χ3v) is 5.92. The second-order valence-electron chi connectivity index (χ2n) is 6.54. The lowest BCUT2D eigenvalue weighted by atomic mass is 10.1. The van der Waals surface area contributed by atoms with Crippen LogP contribution in [0.5, 0.6) is 17.2 Å². The van der Waals surface area contributed by atoms with Gasteiger partial charge in [0, 0.05) is 11.3 Å². The number of rotatable bonds is 7. The molecule has 0 fully saturated rings. The number of carbonyl (C=O) groups is 2. The summed E-state index contributed by atoms with van der Waals surface area (Å²) in [6.07, 6.45) is 0.0829. The van der Waals surface area contributed by atoms with E-state index in [1.165, 1.54) is 18.9 Å². The lowest BCUT2D eigenvalue weighted by molar-refractivity contribution is -0.124. The molecule has 7 nitrogen and oxygen atoms in total. The van der Waals surface area contributed by atoms with Gasteiger partial charge in [0.25, 0.3) is 0 Å². The number of para-hydroxylation sites is 1. The zero-order valence-corrected chi connectivity index (χ0v) is 17.6. The number of methoxy groups -OCH3 is 3. The molecule has 2 amide bonds. The van der Waals surface area contributed by atoms with Crippen LogP contribution < -0.4 is 24.8 Å². The lowest BCUT2D eigenvalue weighted by Gasteiger charge is -2.24. The van der Waals surface area contributed by atoms with Crippen LogP contribution in [0.2, 0.25) is 0 Å². The molecule has 154 valence electrons. The quantitative estimate of drug-likeness (QED) is 0.720. The van der Waals surface area contributed by atoms with Crippen LogP contribution in [0.3, 0.4) is 0 Å². The van der Waals surface area contributed by atoms with Gasteiger partial charge in [0.15, 0.2) is 11.5 Å². The number of nitrogens with one attached hydrogen (secondary N) is 2. The van der Waals surface area contributed by atoms with E-state index in [2.05, 4.69) is 10.6 Å². The molecule has 2 N–H and O–H groups in total. The van der Waals surface area contributed by atoms with Crippen molar-refractivity contribution in [3.63, 3.8) is 0 Å². The maximum absolute atomic E-state index is 12.6. The van der Waals surface area contributed by atoms with Gasteiger partial charge < -0.3 is 24.8 Å². The van der Waals surface area contributed by atoms with E-state index in [9.17, 15) is 9.59 Å². The minimum Gasteiger partial charge on any atom is -0.493 e. The Morgan fingerprint density at radius 2 is 1.79 bits per heavy atom. The van der Waals surface area contributed by atoms with E-state index < -0.39 is 5.25 Å². The number of thioether (sulfide) groups is 1. The van der Waals surface area contributed by atoms with E-state index in [0.717, 1.165) is 16.1 Å². The first-order valence-corrected chi connectivity index (χ1v) is 10.0. The largest absolute Gasteiger partial charge is 0.493 e. The topological polar surface area (TPSA) is 85.9 Å². The first kappa shape index (κ1) is 20.9. The minimum absolute atomic E-state index is 0.0829. The van der Waals surface area contributed by atoms with Gasteiger partial charge in [-0.25, -0.2) is 0 Å². The van der Waals surface area contributed by atoms with Crippen molar-refractivity contribution in [1.29, 1.82) is 0 Å². The van der Waals surface area contributed by atoms with Gasteiger partial charge in [-0.2, -0.15) is 0 Å². The van der Waals surface area contributed by atoms with Crippen molar-refractivity contribution in [2.75, 3.05) is 26.6 Å². The zero-order chi connectivity index (χ0) is 21.0. The van der Waals surface area contributed by atoms with Crippen molar-refractivity contribution in [2.45, 2.75) is 29.5 Å². The summed E-state index contributed by atoms with van der Waals surface area (Å²) >= 11 is 1.40. The van der Waals surface area contributed by atoms with E-state index in [1.807, 2.05) is 31.2 Å². The Labute approximate surface area is 174 Å². The molecule has 0 aliphatic carbocycles. The van der Waals surface area contributed by atoms with Crippen LogP contribution in [0.15, 0.2) is 41.3 Å². The highest BCUT2D eigenvalue weighted by Gasteiger charge is 2.29. The average Bonchev–Trinajstić information content (AvgIpc) is 2.72. The van der Waals surface area contributed by atoms with Crippen molar-refractivity contribution in [3.05, 3.63) is 42.0 Å². The first-order valence-electron chi connectivity index (χ1n) is 9.12. The molecule has 3 rings (SSSR count). The standard InChI is InChI=1S/C21H24N2O5S/c1-12(13-9-15(26-2)20(28-4)16(10-13)27-3)22-19(24)11-18-21(25)23-14-7-5-6-8-17(14)29-18/h5-10,12,18H,11H2,1-4H3,(H,22,24)(H,23,25). The molecule has 0 bridgehead atoms. The van der Waals surface area contributed by atoms with Crippen LogP contribution in [0.1, 0.15) is 24.9 Å². The number of carbonyl (C=O) groups excluding carboxylic acids is 2. The highest BCUT2D eigenvalue weighted by atomic mass is 32.2. The molecular formula is C21H24N2O5S. The fraction of sp³-hybridized carbons (Fsp3) is 0.333. The molecule has 1 heterocycles. The molecule has 1 aliphatic heterocycles. The van der Waals surface area contributed by atoms with Gasteiger partial charge >= 0.3 is 0 Å². The Morgan fingerprint density at radius 1 is 1.14 bits per heavy atom. The van der Waals surface area contributed by atoms with E-state index in [-0.39, 0.29) is 24.3 Å². The second-order valence-corrected chi connectivity index (χ2v) is 7.79. The third kappa shape index (κ3) is 4.59. The number of benzene rings is 2. The Bertz CT molecular complexity index is 893. The smallest absolute Gasteiger partial charge is 0.238 e. The zero-order valence-electron chi connectivity index (χ0n) is 16.8. The molecule has 0 spiro atoms. The number of hydrogen-bond acceptors (Lipinski definition) is 6. The maximum Gasteiger partial charge on any atom is 0.238 e. The molecule has 0 saturated carbocycles. The Hall–Kier alpha value is -2.87. The van der Waals surface area contributed by atoms with Crippen molar-refractivity contribution < 1.29 is 23.8 Å². The van der Waals surface area contributed by atoms with Crippen molar-refractivity contribution in [2.24, 2.45) is 0 Å². The molecular weight excluding hydrogens is 392 g/mol. The third-order valence-electron chi connectivity index (χ3n) is 4.64. The molecule has 29 heavy (non-hydrogen) atoms. The van der Waals surface area contributed by atoms with Crippen molar-refractivity contribution in [3.8, 4) is 17.2 Å². The fourth-order valence-corrected chi connectivity index (χ4v) is 4.24. The number of hydrogen-bond donors (Lipinski definition) is 2. The Kier molecular flexibility index (Phi) is 6.53. The summed E-state index contributed by atoms with van der Waals surface area (Å²) in [7, 11) is 4.62. The first-order chi connectivity index (χ1) is 14.0. The molecule has 2 atom stereocenters. The van der Waals surface area contributed by atoms with Crippen LogP contribution in [0, 0.1) is 0 Å². The predicted molar refractivity (Wildman–Crippen MR) is 112 cm³/mol. The summed E-state index contributed by atoms with van der Waals surface area (Å²) in [6, 6.07) is 10.8. The van der Waals surface area contributed by atoms with Crippen LogP contribution in [0.25, 0.3) is 0 Å². The number of ether oxygens (including phenoxy) is 3. The van der Waals surface area contributed by atoms with Gasteiger partial charge in [-0.1, -0.05) is 12.1 Å². The molecule has 0 aromatic heterocycles. The molecule has 8 heteroatoms. The lowest BCUT2D eigenvalue weighted by Crippen LogP contribution is -2.35. The van der Waals surface area contributed by atoms with Gasteiger partial charge in [-0.05, 0) is 36.8 Å². The van der Waals surface area contributed by atoms with Gasteiger partial charge in [-0.15, -0.1) is 11.8 Å². The van der Waals surface area contributed by atoms with Crippen LogP contribution >= 0.6 is 11.8 Å². The summed E-state index contributed by atoms with van der Waals surface area (Å²) in [5, 5.41) is 5.33. The summed E-state index contributed by atoms with van der Waals surface area (Å²) < 4.78 is 16.1. The second kappa shape index (κ2) is 9.09. The van der Waals surface area contributed by atoms with Crippen molar-refractivity contribution in [1.82, 2.24) is 5.32 Å². The predicted octanol–water partition coefficient (Wildman–Crippen LogP) is 3.39. The monoisotopic (exact) mass is 416 g/mol. The van der Waals surface area contributed by atoms with Gasteiger partial charge in [0.05, 0.1) is 38.3 Å². The SMILES string of the molecule is COc1cc(C(C)NC(=O)CC2Sc3ccccc3NC2=O)cc(OC)c1OC. The molecule has 2 unspecified atom stereocenters. The average molecular weight is 416 g/mol. The summed E-state index contributed by atoms with van der Waals surface area (Å²) in [5.74, 6) is 1.15. The highest BCUT2D eigenvalue weighted by Crippen LogP contribution is 2.40. The van der Waals surface area contributed by atoms with Crippen LogP contribution in [0.4, 0.5) is 5.69 Å². The molecule has 2 aromatic carbocycles. The van der Waals surface area contributed by atoms with Crippen LogP contribution in [-0.4, -0.2) is 38.4 Å². The van der Waals surface area contributed by atoms with E-state index in [4.69, 9.17) is 14.2 Å². The molecule has 2 aromatic rings. The molecule has 0 saturated heterocycles. The van der Waals surface area contributed by atoms with Gasteiger partial charge in [-0.3, -0.25) is 9.59 Å². The number of fused-ring (bicyclic) bond motifs is 1. The summed E-state index contributed by atoms with van der Waals surface area (Å²) in [4.78, 5) is 25.9. The minimum atomic E-state index is -0.475. The molecule has 1 aliphatic rings. The summed E-state index contributed by atoms with van der Waals surface area (Å²) in [6.45, 7) is 1.86. The highest BCUT2D eigenvalue weighted by molar-refractivity contribution is 8.01. The fourth-order valence-electron chi connectivity index (χ4n) is 3.13. The Morgan fingerprint density at radius 3 is 2.41 bits per heavy atom. The van der Waals surface area contributed by atoms with Crippen molar-refractivity contribution >= 4 is 29.3 Å². The van der Waals surface area contributed by atoms with E-state index in [0.29, 0.717) is 17.2 Å². The summed E-state index contributed by atoms with van der Waals surface area (Å²) in [5.41, 5.74) is 1.59. The maximum atomic E-state index is 12.6. The van der Waals surface area contributed by atoms with E-state index >= 15 is 0 Å². The van der Waals surface area contributed by atoms with Crippen LogP contribution in [-0.2, 0) is 9.59 Å². The number of anilines is 1. The Balaban J connectivity index is 1.69. The normalized spacial score (nSPS) is 16.3.